The number of carbonyl (C=O) groups is 3. The Bertz CT molecular complexity index is 847. The van der Waals surface area contributed by atoms with E-state index in [4.69, 9.17) is 9.47 Å². The highest BCUT2D eigenvalue weighted by Gasteiger charge is 2.62. The van der Waals surface area contributed by atoms with Crippen LogP contribution >= 0.6 is 0 Å². The average molecular weight is 378 g/mol. The van der Waals surface area contributed by atoms with Crippen LogP contribution in [-0.2, 0) is 49.5 Å². The van der Waals surface area contributed by atoms with E-state index >= 15 is 0 Å². The summed E-state index contributed by atoms with van der Waals surface area (Å²) in [5.41, 5.74) is 0.667. The molecule has 0 aliphatic heterocycles. The Morgan fingerprint density at radius 3 is 1.21 bits per heavy atom. The van der Waals surface area contributed by atoms with Crippen molar-refractivity contribution in [1.82, 2.24) is 0 Å². The van der Waals surface area contributed by atoms with Crippen molar-refractivity contribution in [3.8, 4) is 0 Å². The van der Waals surface area contributed by atoms with Crippen molar-refractivity contribution in [2.75, 3.05) is 14.2 Å². The number of hydrogen-bond acceptors (Lipinski definition) is 5. The van der Waals surface area contributed by atoms with E-state index in [1.54, 1.807) is 0 Å². The van der Waals surface area contributed by atoms with Crippen molar-refractivity contribution in [3.05, 3.63) is 70.8 Å². The lowest BCUT2D eigenvalue weighted by Crippen LogP contribution is -2.54. The second kappa shape index (κ2) is 6.59. The maximum Gasteiger partial charge on any atom is 0.320 e. The topological polar surface area (TPSA) is 69.7 Å². The minimum absolute atomic E-state index is 0.210. The normalized spacial score (nSPS) is 25.6. The molecule has 0 atom stereocenters. The number of benzene rings is 2. The Balaban J connectivity index is 2.06. The molecule has 0 N–H and O–H groups in total. The fourth-order valence-electron chi connectivity index (χ4n) is 4.87. The van der Waals surface area contributed by atoms with Gasteiger partial charge in [0.15, 0.2) is 5.78 Å². The monoisotopic (exact) mass is 378 g/mol. The fraction of sp³-hybridized carbons (Fsp3) is 0.348. The summed E-state index contributed by atoms with van der Waals surface area (Å²) < 4.78 is 10.2. The second-order valence-electron chi connectivity index (χ2n) is 7.72. The van der Waals surface area contributed by atoms with E-state index in [0.717, 1.165) is 22.3 Å². The van der Waals surface area contributed by atoms with Crippen molar-refractivity contribution < 1.29 is 23.9 Å². The zero-order valence-electron chi connectivity index (χ0n) is 16.0. The molecule has 5 nitrogen and oxygen atoms in total. The van der Waals surface area contributed by atoms with Gasteiger partial charge in [-0.3, -0.25) is 14.4 Å². The van der Waals surface area contributed by atoms with E-state index in [0.29, 0.717) is 0 Å². The zero-order valence-corrected chi connectivity index (χ0v) is 16.0. The van der Waals surface area contributed by atoms with Crippen molar-refractivity contribution in [1.29, 1.82) is 0 Å². The van der Waals surface area contributed by atoms with Crippen LogP contribution in [0, 0.1) is 10.8 Å². The lowest BCUT2D eigenvalue weighted by molar-refractivity contribution is -0.168. The van der Waals surface area contributed by atoms with Crippen LogP contribution in [-0.4, -0.2) is 31.9 Å². The molecule has 2 aliphatic carbocycles. The average Bonchev–Trinajstić information content (AvgIpc) is 2.90. The van der Waals surface area contributed by atoms with Crippen LogP contribution in [0.5, 0.6) is 0 Å². The third kappa shape index (κ3) is 2.49. The van der Waals surface area contributed by atoms with Gasteiger partial charge in [0.2, 0.25) is 0 Å². The minimum Gasteiger partial charge on any atom is -0.468 e. The van der Waals surface area contributed by atoms with E-state index in [1.807, 2.05) is 48.5 Å². The van der Waals surface area contributed by atoms with E-state index in [2.05, 4.69) is 0 Å². The Morgan fingerprint density at radius 2 is 0.964 bits per heavy atom. The van der Waals surface area contributed by atoms with Crippen molar-refractivity contribution in [2.24, 2.45) is 10.8 Å². The van der Waals surface area contributed by atoms with Gasteiger partial charge < -0.3 is 9.47 Å². The third-order valence-corrected chi connectivity index (χ3v) is 6.23. The standard InChI is InChI=1S/C23H22O5/c1-27-20(25)22-11-15-7-3-5-9-17(15)13-23(19(22)24,21(26)28-2)14-18-10-6-4-8-16(18)12-22/h3-10H,11-14H2,1-2H3. The SMILES string of the molecule is COC(=O)C12Cc3ccccc3CC(C(=O)OC)(Cc3ccccc3C1)C2=O. The van der Waals surface area contributed by atoms with E-state index in [-0.39, 0.29) is 25.7 Å². The molecule has 2 aromatic carbocycles. The Labute approximate surface area is 163 Å². The third-order valence-electron chi connectivity index (χ3n) is 6.23. The number of rotatable bonds is 2. The zero-order chi connectivity index (χ0) is 19.9. The molecule has 2 aromatic rings. The highest BCUT2D eigenvalue weighted by atomic mass is 16.5. The van der Waals surface area contributed by atoms with Crippen molar-refractivity contribution in [2.45, 2.75) is 25.7 Å². The summed E-state index contributed by atoms with van der Waals surface area (Å²) in [4.78, 5) is 40.2. The summed E-state index contributed by atoms with van der Waals surface area (Å²) in [7, 11) is 2.58. The van der Waals surface area contributed by atoms with Crippen LogP contribution in [0.2, 0.25) is 0 Å². The molecule has 0 spiro atoms. The predicted octanol–water partition coefficient (Wildman–Crippen LogP) is 2.47. The summed E-state index contributed by atoms with van der Waals surface area (Å²) in [6.07, 6.45) is 0.840. The molecule has 28 heavy (non-hydrogen) atoms. The highest BCUT2D eigenvalue weighted by Crippen LogP contribution is 2.48. The quantitative estimate of drug-likeness (QED) is 0.593. The lowest BCUT2D eigenvalue weighted by atomic mass is 9.66. The molecule has 144 valence electrons. The number of methoxy groups -OCH3 is 2. The molecular weight excluding hydrogens is 356 g/mol. The van der Waals surface area contributed by atoms with Crippen LogP contribution in [0.1, 0.15) is 22.3 Å². The first-order valence-electron chi connectivity index (χ1n) is 9.32. The van der Waals surface area contributed by atoms with Crippen molar-refractivity contribution in [3.63, 3.8) is 0 Å². The van der Waals surface area contributed by atoms with E-state index in [1.165, 1.54) is 14.2 Å². The Hall–Kier alpha value is -2.95. The molecule has 2 bridgehead atoms. The number of ketones is 1. The van der Waals surface area contributed by atoms with Gasteiger partial charge in [-0.15, -0.1) is 0 Å². The molecule has 4 rings (SSSR count). The summed E-state index contributed by atoms with van der Waals surface area (Å²) in [5, 5.41) is 0. The molecule has 0 saturated carbocycles. The summed E-state index contributed by atoms with van der Waals surface area (Å²) in [6.45, 7) is 0. The van der Waals surface area contributed by atoms with E-state index in [9.17, 15) is 14.4 Å². The number of ether oxygens (including phenoxy) is 2. The molecule has 0 unspecified atom stereocenters. The predicted molar refractivity (Wildman–Crippen MR) is 102 cm³/mol. The van der Waals surface area contributed by atoms with Gasteiger partial charge in [0.25, 0.3) is 0 Å². The molecular formula is C23H22O5. The fourth-order valence-corrected chi connectivity index (χ4v) is 4.87. The largest absolute Gasteiger partial charge is 0.468 e. The number of Topliss-reactive ketones (excluding diaryl/α,β-unsaturated/α-hetero) is 1. The first-order chi connectivity index (χ1) is 13.5. The van der Waals surface area contributed by atoms with Crippen LogP contribution in [0.25, 0.3) is 0 Å². The number of fused-ring (bicyclic) bond motifs is 4. The maximum atomic E-state index is 14.0. The molecule has 0 aromatic heterocycles. The lowest BCUT2D eigenvalue weighted by Gasteiger charge is -2.34. The van der Waals surface area contributed by atoms with Gasteiger partial charge in [0, 0.05) is 0 Å². The van der Waals surface area contributed by atoms with Gasteiger partial charge >= 0.3 is 11.9 Å². The number of hydrogen-bond donors (Lipinski definition) is 0. The van der Waals surface area contributed by atoms with E-state index < -0.39 is 28.6 Å². The maximum absolute atomic E-state index is 14.0. The number of esters is 2. The molecule has 2 aliphatic rings. The van der Waals surface area contributed by atoms with Crippen LogP contribution in [0.4, 0.5) is 0 Å². The minimum atomic E-state index is -1.46. The summed E-state index contributed by atoms with van der Waals surface area (Å²) in [6, 6.07) is 15.2. The first kappa shape index (κ1) is 18.4. The van der Waals surface area contributed by atoms with Crippen molar-refractivity contribution >= 4 is 17.7 Å². The van der Waals surface area contributed by atoms with Gasteiger partial charge in [-0.25, -0.2) is 0 Å². The van der Waals surface area contributed by atoms with Gasteiger partial charge in [-0.05, 0) is 47.9 Å². The Morgan fingerprint density at radius 1 is 0.679 bits per heavy atom. The van der Waals surface area contributed by atoms with Crippen LogP contribution < -0.4 is 0 Å². The number of carbonyl (C=O) groups excluding carboxylic acids is 3. The van der Waals surface area contributed by atoms with Gasteiger partial charge in [-0.2, -0.15) is 0 Å². The molecule has 0 radical (unpaired) electrons. The molecule has 0 amide bonds. The van der Waals surface area contributed by atoms with Crippen LogP contribution in [0.15, 0.2) is 48.5 Å². The highest BCUT2D eigenvalue weighted by molar-refractivity contribution is 6.16. The molecule has 5 heteroatoms. The second-order valence-corrected chi connectivity index (χ2v) is 7.72. The smallest absolute Gasteiger partial charge is 0.320 e. The van der Waals surface area contributed by atoms with Crippen LogP contribution in [0.3, 0.4) is 0 Å². The summed E-state index contributed by atoms with van der Waals surface area (Å²) in [5.74, 6) is -1.59. The summed E-state index contributed by atoms with van der Waals surface area (Å²) >= 11 is 0. The molecule has 0 fully saturated rings. The van der Waals surface area contributed by atoms with Gasteiger partial charge in [0.05, 0.1) is 14.2 Å². The van der Waals surface area contributed by atoms with Gasteiger partial charge in [-0.1, -0.05) is 48.5 Å². The molecule has 0 heterocycles. The Kier molecular flexibility index (Phi) is 4.33. The van der Waals surface area contributed by atoms with Gasteiger partial charge in [0.1, 0.15) is 10.8 Å². The molecule has 0 saturated heterocycles. The first-order valence-corrected chi connectivity index (χ1v) is 9.32.